The Bertz CT molecular complexity index is 1430. The Morgan fingerprint density at radius 2 is 1.67 bits per heavy atom. The van der Waals surface area contributed by atoms with Crippen LogP contribution < -0.4 is 4.90 Å². The first-order valence-electron chi connectivity index (χ1n) is 16.5. The number of piperazine rings is 1. The van der Waals surface area contributed by atoms with Crippen LogP contribution in [0.25, 0.3) is 0 Å². The summed E-state index contributed by atoms with van der Waals surface area (Å²) in [6.45, 7) is 14.6. The average Bonchev–Trinajstić information content (AvgIpc) is 3.44. The Balaban J connectivity index is 0.000000694. The van der Waals surface area contributed by atoms with Crippen molar-refractivity contribution >= 4 is 46.9 Å². The fourth-order valence-electron chi connectivity index (χ4n) is 6.00. The van der Waals surface area contributed by atoms with Gasteiger partial charge in [-0.2, -0.15) is 0 Å². The van der Waals surface area contributed by atoms with Crippen LogP contribution in [0, 0.1) is 11.7 Å². The van der Waals surface area contributed by atoms with Gasteiger partial charge in [0.05, 0.1) is 12.1 Å². The van der Waals surface area contributed by atoms with E-state index in [1.807, 2.05) is 56.8 Å². The van der Waals surface area contributed by atoms with Gasteiger partial charge in [-0.3, -0.25) is 14.5 Å². The van der Waals surface area contributed by atoms with Gasteiger partial charge in [-0.15, -0.1) is 0 Å². The Kier molecular flexibility index (Phi) is 14.0. The number of carboxylic acid groups (broad SMARTS) is 1. The minimum Gasteiger partial charge on any atom is -0.481 e. The van der Waals surface area contributed by atoms with E-state index < -0.39 is 23.7 Å². The molecule has 12 heteroatoms. The van der Waals surface area contributed by atoms with Crippen LogP contribution in [0.15, 0.2) is 36.4 Å². The summed E-state index contributed by atoms with van der Waals surface area (Å²) >= 11 is 12.7. The van der Waals surface area contributed by atoms with Crippen LogP contribution in [-0.4, -0.2) is 103 Å². The normalized spacial score (nSPS) is 18.9. The number of para-hydroxylation sites is 1. The third-order valence-electron chi connectivity index (χ3n) is 8.83. The summed E-state index contributed by atoms with van der Waals surface area (Å²) in [5.41, 5.74) is 1.70. The van der Waals surface area contributed by atoms with Crippen molar-refractivity contribution in [2.75, 3.05) is 58.3 Å². The van der Waals surface area contributed by atoms with Crippen LogP contribution in [0.2, 0.25) is 10.0 Å². The highest BCUT2D eigenvalue weighted by Gasteiger charge is 2.46. The molecule has 0 aromatic heterocycles. The van der Waals surface area contributed by atoms with E-state index in [0.29, 0.717) is 67.3 Å². The SMILES string of the molecule is CC(C)[C@H](C)c1cccc(F)c1N1CCN(C(=O)C2C(c3ccc(Cl)cc3Cl)CCN2C(=O)OC(C)(C)C)CC1.CN(C)CCC(=O)O. The number of benzene rings is 2. The zero-order valence-corrected chi connectivity index (χ0v) is 30.9. The molecule has 2 heterocycles. The molecule has 4 rings (SSSR count). The standard InChI is InChI=1S/C31H40Cl2FN3O3.C5H11NO2/c1-19(2)20(3)22-8-7-9-26(34)27(22)35-14-16-36(17-15-35)29(38)28-24(23-11-10-21(32)18-25(23)33)12-13-37(28)30(39)40-31(4,5)6;1-6(2)4-3-5(7)8/h7-11,18-20,24,28H,12-17H2,1-6H3;3-4H2,1-2H3,(H,7,8)/t20-,24?,28?;/m0./s1. The predicted octanol–water partition coefficient (Wildman–Crippen LogP) is 7.36. The molecule has 2 saturated heterocycles. The van der Waals surface area contributed by atoms with Gasteiger partial charge >= 0.3 is 12.1 Å². The number of hydrogen-bond donors (Lipinski definition) is 1. The first kappa shape index (κ1) is 39.4. The Morgan fingerprint density at radius 1 is 1.02 bits per heavy atom. The van der Waals surface area contributed by atoms with Crippen LogP contribution in [0.5, 0.6) is 0 Å². The molecule has 3 atom stereocenters. The van der Waals surface area contributed by atoms with E-state index >= 15 is 4.39 Å². The van der Waals surface area contributed by atoms with Gasteiger partial charge in [0.25, 0.3) is 0 Å². The van der Waals surface area contributed by atoms with E-state index in [0.717, 1.165) is 11.1 Å². The second kappa shape index (κ2) is 17.0. The zero-order chi connectivity index (χ0) is 35.9. The number of carboxylic acids is 1. The van der Waals surface area contributed by atoms with Gasteiger partial charge in [-0.25, -0.2) is 9.18 Å². The summed E-state index contributed by atoms with van der Waals surface area (Å²) < 4.78 is 20.8. The summed E-state index contributed by atoms with van der Waals surface area (Å²) in [5, 5.41) is 9.11. The first-order valence-corrected chi connectivity index (χ1v) is 17.3. The van der Waals surface area contributed by atoms with Gasteiger partial charge < -0.3 is 24.5 Å². The lowest BCUT2D eigenvalue weighted by Crippen LogP contribution is -2.56. The van der Waals surface area contributed by atoms with Crippen LogP contribution in [0.4, 0.5) is 14.9 Å². The van der Waals surface area contributed by atoms with Gasteiger partial charge in [-0.05, 0) is 82.4 Å². The second-order valence-corrected chi connectivity index (χ2v) is 15.0. The van der Waals surface area contributed by atoms with Gasteiger partial charge in [0.1, 0.15) is 17.5 Å². The third kappa shape index (κ3) is 10.5. The van der Waals surface area contributed by atoms with Crippen LogP contribution in [0.1, 0.15) is 77.3 Å². The fraction of sp³-hybridized carbons (Fsp3) is 0.583. The average molecular weight is 710 g/mol. The number of amides is 2. The molecule has 0 spiro atoms. The largest absolute Gasteiger partial charge is 0.481 e. The highest BCUT2D eigenvalue weighted by molar-refractivity contribution is 6.35. The zero-order valence-electron chi connectivity index (χ0n) is 29.4. The Labute approximate surface area is 294 Å². The lowest BCUT2D eigenvalue weighted by molar-refractivity contribution is -0.137. The van der Waals surface area contributed by atoms with E-state index in [1.165, 1.54) is 11.0 Å². The molecule has 2 amide bonds. The minimum atomic E-state index is -0.759. The molecule has 2 fully saturated rings. The molecule has 266 valence electrons. The van der Waals surface area contributed by atoms with Crippen molar-refractivity contribution in [3.8, 4) is 0 Å². The van der Waals surface area contributed by atoms with E-state index in [4.69, 9.17) is 33.0 Å². The molecule has 2 aliphatic rings. The molecule has 2 unspecified atom stereocenters. The smallest absolute Gasteiger partial charge is 0.410 e. The molecule has 48 heavy (non-hydrogen) atoms. The molecule has 0 aliphatic carbocycles. The number of carbonyl (C=O) groups is 3. The molecule has 2 aromatic carbocycles. The highest BCUT2D eigenvalue weighted by atomic mass is 35.5. The summed E-state index contributed by atoms with van der Waals surface area (Å²) in [6.07, 6.45) is 0.283. The third-order valence-corrected chi connectivity index (χ3v) is 9.39. The van der Waals surface area contributed by atoms with Crippen molar-refractivity contribution in [1.82, 2.24) is 14.7 Å². The number of hydrogen-bond acceptors (Lipinski definition) is 6. The lowest BCUT2D eigenvalue weighted by atomic mass is 9.88. The predicted molar refractivity (Wildman–Crippen MR) is 190 cm³/mol. The summed E-state index contributed by atoms with van der Waals surface area (Å²) in [4.78, 5) is 44.4. The van der Waals surface area contributed by atoms with E-state index in [-0.39, 0.29) is 30.0 Å². The van der Waals surface area contributed by atoms with Gasteiger partial charge in [-0.1, -0.05) is 62.2 Å². The molecule has 2 aliphatic heterocycles. The number of anilines is 1. The second-order valence-electron chi connectivity index (χ2n) is 14.1. The van der Waals surface area contributed by atoms with Gasteiger partial charge in [0, 0.05) is 55.2 Å². The maximum atomic E-state index is 15.1. The molecular formula is C36H51Cl2FN4O5. The van der Waals surface area contributed by atoms with Gasteiger partial charge in [0.15, 0.2) is 0 Å². The van der Waals surface area contributed by atoms with Crippen molar-refractivity contribution in [3.05, 3.63) is 63.4 Å². The van der Waals surface area contributed by atoms with Crippen molar-refractivity contribution in [2.24, 2.45) is 5.92 Å². The molecular weight excluding hydrogens is 658 g/mol. The Hall–Kier alpha value is -3.08. The van der Waals surface area contributed by atoms with E-state index in [9.17, 15) is 14.4 Å². The van der Waals surface area contributed by atoms with Crippen molar-refractivity contribution < 1.29 is 28.6 Å². The van der Waals surface area contributed by atoms with Crippen LogP contribution >= 0.6 is 23.2 Å². The number of likely N-dealkylation sites (tertiary alicyclic amines) is 1. The Morgan fingerprint density at radius 3 is 2.19 bits per heavy atom. The van der Waals surface area contributed by atoms with E-state index in [1.54, 1.807) is 23.1 Å². The maximum Gasteiger partial charge on any atom is 0.410 e. The highest BCUT2D eigenvalue weighted by Crippen LogP contribution is 2.40. The minimum absolute atomic E-state index is 0.150. The number of halogens is 3. The fourth-order valence-corrected chi connectivity index (χ4v) is 6.55. The number of aliphatic carboxylic acids is 1. The van der Waals surface area contributed by atoms with Gasteiger partial charge in [0.2, 0.25) is 5.91 Å². The summed E-state index contributed by atoms with van der Waals surface area (Å²) in [6, 6.07) is 9.76. The van der Waals surface area contributed by atoms with E-state index in [2.05, 4.69) is 20.8 Å². The number of carbonyl (C=O) groups excluding carboxylic acids is 2. The summed E-state index contributed by atoms with van der Waals surface area (Å²) in [7, 11) is 3.70. The quantitative estimate of drug-likeness (QED) is 0.306. The maximum absolute atomic E-state index is 15.1. The molecule has 2 aromatic rings. The van der Waals surface area contributed by atoms with Crippen LogP contribution in [-0.2, 0) is 14.3 Å². The topological polar surface area (TPSA) is 93.6 Å². The molecule has 0 bridgehead atoms. The van der Waals surface area contributed by atoms with Crippen molar-refractivity contribution in [3.63, 3.8) is 0 Å². The first-order chi connectivity index (χ1) is 22.4. The van der Waals surface area contributed by atoms with Crippen molar-refractivity contribution in [1.29, 1.82) is 0 Å². The molecule has 1 N–H and O–H groups in total. The monoisotopic (exact) mass is 708 g/mol. The number of nitrogens with zero attached hydrogens (tertiary/aromatic N) is 4. The molecule has 9 nitrogen and oxygen atoms in total. The number of ether oxygens (including phenoxy) is 1. The van der Waals surface area contributed by atoms with Crippen molar-refractivity contribution in [2.45, 2.75) is 77.9 Å². The summed E-state index contributed by atoms with van der Waals surface area (Å²) in [5.74, 6) is -0.874. The molecule has 0 radical (unpaired) electrons. The van der Waals surface area contributed by atoms with Crippen LogP contribution in [0.3, 0.4) is 0 Å². The lowest BCUT2D eigenvalue weighted by Gasteiger charge is -2.40. The number of rotatable bonds is 8. The molecule has 0 saturated carbocycles.